The molecule has 6 nitrogen and oxygen atoms in total. The third-order valence-electron chi connectivity index (χ3n) is 5.30. The van der Waals surface area contributed by atoms with Crippen molar-refractivity contribution in [2.24, 2.45) is 0 Å². The number of benzene rings is 1. The fourth-order valence-corrected chi connectivity index (χ4v) is 3.78. The Balaban J connectivity index is 1.35. The number of anilines is 1. The van der Waals surface area contributed by atoms with E-state index in [1.165, 1.54) is 0 Å². The molecule has 1 fully saturated rings. The predicted octanol–water partition coefficient (Wildman–Crippen LogP) is 3.55. The van der Waals surface area contributed by atoms with Crippen LogP contribution in [0.5, 0.6) is 0 Å². The van der Waals surface area contributed by atoms with Crippen molar-refractivity contribution in [3.63, 3.8) is 0 Å². The van der Waals surface area contributed by atoms with Gasteiger partial charge in [0.15, 0.2) is 0 Å². The first-order valence-electron chi connectivity index (χ1n) is 10.1. The summed E-state index contributed by atoms with van der Waals surface area (Å²) in [5, 5.41) is 10.9. The van der Waals surface area contributed by atoms with Gasteiger partial charge in [-0.1, -0.05) is 18.2 Å². The molecule has 0 radical (unpaired) electrons. The van der Waals surface area contributed by atoms with Gasteiger partial charge >= 0.3 is 6.18 Å². The monoisotopic (exact) mass is 435 g/mol. The number of piperazine rings is 1. The number of ether oxygens (including phenoxy) is 1. The predicted molar refractivity (Wildman–Crippen MR) is 110 cm³/mol. The number of nitrogens with zero attached hydrogens (tertiary/aromatic N) is 3. The Kier molecular flexibility index (Phi) is 6.45. The number of furan rings is 1. The second-order valence-electron chi connectivity index (χ2n) is 7.58. The van der Waals surface area contributed by atoms with Gasteiger partial charge in [0.05, 0.1) is 24.5 Å². The van der Waals surface area contributed by atoms with Gasteiger partial charge in [0, 0.05) is 43.8 Å². The van der Waals surface area contributed by atoms with E-state index in [0.29, 0.717) is 61.7 Å². The third kappa shape index (κ3) is 5.36. The van der Waals surface area contributed by atoms with E-state index in [-0.39, 0.29) is 6.61 Å². The summed E-state index contributed by atoms with van der Waals surface area (Å²) in [7, 11) is 0. The van der Waals surface area contributed by atoms with E-state index < -0.39 is 18.0 Å². The molecule has 1 saturated heterocycles. The number of alkyl halides is 3. The van der Waals surface area contributed by atoms with E-state index in [1.807, 2.05) is 4.90 Å². The van der Waals surface area contributed by atoms with Crippen LogP contribution in [0.25, 0.3) is 10.9 Å². The minimum atomic E-state index is -4.50. The lowest BCUT2D eigenvalue weighted by Gasteiger charge is -2.37. The Morgan fingerprint density at radius 1 is 1.10 bits per heavy atom. The van der Waals surface area contributed by atoms with Crippen molar-refractivity contribution in [2.45, 2.75) is 18.9 Å². The first-order chi connectivity index (χ1) is 14.9. The lowest BCUT2D eigenvalue weighted by Crippen LogP contribution is -2.49. The van der Waals surface area contributed by atoms with Gasteiger partial charge in [0.25, 0.3) is 0 Å². The molecule has 1 atom stereocenters. The highest BCUT2D eigenvalue weighted by atomic mass is 19.4. The molecule has 0 spiro atoms. The molecular weight excluding hydrogens is 411 g/mol. The summed E-state index contributed by atoms with van der Waals surface area (Å²) in [5.41, 5.74) is -0.00783. The van der Waals surface area contributed by atoms with Crippen molar-refractivity contribution in [2.75, 3.05) is 44.2 Å². The average molecular weight is 435 g/mol. The first-order valence-corrected chi connectivity index (χ1v) is 10.1. The van der Waals surface area contributed by atoms with Crippen LogP contribution in [0.15, 0.2) is 53.1 Å². The number of hydrogen-bond acceptors (Lipinski definition) is 6. The molecule has 1 aromatic carbocycles. The third-order valence-corrected chi connectivity index (χ3v) is 5.30. The molecule has 3 aromatic rings. The zero-order valence-electron chi connectivity index (χ0n) is 16.9. The lowest BCUT2D eigenvalue weighted by molar-refractivity contribution is -0.140. The maximum Gasteiger partial charge on any atom is 0.433 e. The van der Waals surface area contributed by atoms with Crippen LogP contribution < -0.4 is 4.90 Å². The average Bonchev–Trinajstić information content (AvgIpc) is 3.26. The molecule has 1 aliphatic rings. The van der Waals surface area contributed by atoms with Crippen LogP contribution in [-0.4, -0.2) is 60.4 Å². The van der Waals surface area contributed by atoms with Crippen LogP contribution in [0.2, 0.25) is 0 Å². The van der Waals surface area contributed by atoms with Crippen molar-refractivity contribution < 1.29 is 27.4 Å². The van der Waals surface area contributed by atoms with Gasteiger partial charge in [-0.25, -0.2) is 4.98 Å². The Hall–Kier alpha value is -2.62. The molecule has 0 amide bonds. The normalized spacial score (nSPS) is 16.7. The SMILES string of the molecule is OC(COCc1ccco1)CN1CCN(c2cc(C(F)(F)F)nc3ccccc23)CC1. The van der Waals surface area contributed by atoms with Crippen molar-refractivity contribution in [1.82, 2.24) is 9.88 Å². The smallest absolute Gasteiger partial charge is 0.433 e. The maximum absolute atomic E-state index is 13.3. The quantitative estimate of drug-likeness (QED) is 0.613. The number of aliphatic hydroxyl groups is 1. The number of halogens is 3. The maximum atomic E-state index is 13.3. The number of aromatic nitrogens is 1. The van der Waals surface area contributed by atoms with Gasteiger partial charge in [-0.15, -0.1) is 0 Å². The summed E-state index contributed by atoms with van der Waals surface area (Å²) in [4.78, 5) is 7.83. The Morgan fingerprint density at radius 2 is 1.87 bits per heavy atom. The summed E-state index contributed by atoms with van der Waals surface area (Å²) in [6, 6.07) is 11.6. The summed E-state index contributed by atoms with van der Waals surface area (Å²) < 4.78 is 50.6. The topological polar surface area (TPSA) is 62.0 Å². The summed E-state index contributed by atoms with van der Waals surface area (Å²) >= 11 is 0. The number of β-amino-alcohol motifs (C(OH)–C–C–N with tert-alkyl or cyclic N) is 1. The highest BCUT2D eigenvalue weighted by Crippen LogP contribution is 2.35. The standard InChI is InChI=1S/C22H24F3N3O3/c23-22(24,25)21-12-20(18-5-1-2-6-19(18)26-21)28-9-7-27(8-10-28)13-16(29)14-30-15-17-4-3-11-31-17/h1-6,11-12,16,29H,7-10,13-15H2. The van der Waals surface area contributed by atoms with E-state index in [1.54, 1.807) is 42.7 Å². The Morgan fingerprint density at radius 3 is 2.58 bits per heavy atom. The number of para-hydroxylation sites is 1. The van der Waals surface area contributed by atoms with Crippen LogP contribution in [0.3, 0.4) is 0 Å². The molecule has 166 valence electrons. The fraction of sp³-hybridized carbons (Fsp3) is 0.409. The van der Waals surface area contributed by atoms with Gasteiger partial charge in [-0.05, 0) is 24.3 Å². The molecule has 0 saturated carbocycles. The van der Waals surface area contributed by atoms with Crippen LogP contribution >= 0.6 is 0 Å². The number of hydrogen-bond donors (Lipinski definition) is 1. The first kappa shape index (κ1) is 21.6. The van der Waals surface area contributed by atoms with Crippen molar-refractivity contribution in [3.05, 3.63) is 60.2 Å². The molecule has 1 N–H and O–H groups in total. The van der Waals surface area contributed by atoms with E-state index in [4.69, 9.17) is 9.15 Å². The number of aliphatic hydroxyl groups excluding tert-OH is 1. The van der Waals surface area contributed by atoms with E-state index >= 15 is 0 Å². The summed E-state index contributed by atoms with van der Waals surface area (Å²) in [6.07, 6.45) is -3.58. The van der Waals surface area contributed by atoms with E-state index in [0.717, 1.165) is 6.07 Å². The molecule has 4 rings (SSSR count). The van der Waals surface area contributed by atoms with Crippen molar-refractivity contribution in [3.8, 4) is 0 Å². The van der Waals surface area contributed by atoms with E-state index in [9.17, 15) is 18.3 Å². The van der Waals surface area contributed by atoms with Gasteiger partial charge in [0.1, 0.15) is 18.1 Å². The van der Waals surface area contributed by atoms with Gasteiger partial charge < -0.3 is 19.2 Å². The molecular formula is C22H24F3N3O3. The molecule has 9 heteroatoms. The molecule has 3 heterocycles. The Labute approximate surface area is 177 Å². The lowest BCUT2D eigenvalue weighted by atomic mass is 10.1. The van der Waals surface area contributed by atoms with Crippen LogP contribution in [0.4, 0.5) is 18.9 Å². The number of rotatable bonds is 7. The van der Waals surface area contributed by atoms with Crippen LogP contribution in [0.1, 0.15) is 11.5 Å². The second kappa shape index (κ2) is 9.25. The molecule has 1 unspecified atom stereocenters. The molecule has 1 aliphatic heterocycles. The highest BCUT2D eigenvalue weighted by Gasteiger charge is 2.34. The molecule has 0 aliphatic carbocycles. The van der Waals surface area contributed by atoms with Crippen molar-refractivity contribution in [1.29, 1.82) is 0 Å². The summed E-state index contributed by atoms with van der Waals surface area (Å²) in [5.74, 6) is 0.698. The largest absolute Gasteiger partial charge is 0.467 e. The minimum Gasteiger partial charge on any atom is -0.467 e. The Bertz CT molecular complexity index is 987. The molecule has 2 aromatic heterocycles. The van der Waals surface area contributed by atoms with Gasteiger partial charge in [-0.2, -0.15) is 13.2 Å². The van der Waals surface area contributed by atoms with Gasteiger partial charge in [0.2, 0.25) is 0 Å². The van der Waals surface area contributed by atoms with E-state index in [2.05, 4.69) is 9.88 Å². The number of pyridine rings is 1. The summed E-state index contributed by atoms with van der Waals surface area (Å²) in [6.45, 7) is 3.31. The van der Waals surface area contributed by atoms with Gasteiger partial charge in [-0.3, -0.25) is 4.90 Å². The van der Waals surface area contributed by atoms with Crippen LogP contribution in [0, 0.1) is 0 Å². The fourth-order valence-electron chi connectivity index (χ4n) is 3.78. The highest BCUT2D eigenvalue weighted by molar-refractivity contribution is 5.92. The van der Waals surface area contributed by atoms with Crippen LogP contribution in [-0.2, 0) is 17.5 Å². The minimum absolute atomic E-state index is 0.185. The number of fused-ring (bicyclic) bond motifs is 1. The molecule has 31 heavy (non-hydrogen) atoms. The second-order valence-corrected chi connectivity index (χ2v) is 7.58. The van der Waals surface area contributed by atoms with Crippen molar-refractivity contribution >= 4 is 16.6 Å². The molecule has 0 bridgehead atoms. The zero-order valence-corrected chi connectivity index (χ0v) is 16.9. The zero-order chi connectivity index (χ0) is 21.8.